The van der Waals surface area contributed by atoms with E-state index in [0.29, 0.717) is 13.2 Å². The van der Waals surface area contributed by atoms with E-state index >= 15 is 0 Å². The van der Waals surface area contributed by atoms with Gasteiger partial charge in [0, 0.05) is 19.1 Å². The van der Waals surface area contributed by atoms with E-state index in [4.69, 9.17) is 4.74 Å². The number of nitrogens with one attached hydrogen (secondary N) is 1. The predicted octanol–water partition coefficient (Wildman–Crippen LogP) is 2.34. The molecule has 0 aromatic carbocycles. The topological polar surface area (TPSA) is 21.3 Å². The quantitative estimate of drug-likeness (QED) is 0.655. The maximum Gasteiger partial charge on any atom is 0.389 e. The normalized spacial score (nSPS) is 14.4. The van der Waals surface area contributed by atoms with E-state index < -0.39 is 12.6 Å². The van der Waals surface area contributed by atoms with Crippen molar-refractivity contribution in [1.29, 1.82) is 0 Å². The maximum atomic E-state index is 11.9. The van der Waals surface area contributed by atoms with E-state index in [1.807, 2.05) is 6.92 Å². The molecule has 0 aliphatic heterocycles. The highest BCUT2D eigenvalue weighted by molar-refractivity contribution is 4.66. The molecule has 5 heteroatoms. The molecule has 0 rings (SSSR count). The lowest BCUT2D eigenvalue weighted by molar-refractivity contribution is -0.137. The lowest BCUT2D eigenvalue weighted by Gasteiger charge is -2.16. The van der Waals surface area contributed by atoms with Crippen molar-refractivity contribution in [3.63, 3.8) is 0 Å². The van der Waals surface area contributed by atoms with E-state index in [2.05, 4.69) is 5.32 Å². The van der Waals surface area contributed by atoms with Gasteiger partial charge in [0.15, 0.2) is 0 Å². The van der Waals surface area contributed by atoms with Crippen LogP contribution in [0.3, 0.4) is 0 Å². The van der Waals surface area contributed by atoms with Gasteiger partial charge in [0.2, 0.25) is 0 Å². The Morgan fingerprint density at radius 3 is 2.43 bits per heavy atom. The lowest BCUT2D eigenvalue weighted by Crippen LogP contribution is -2.31. The summed E-state index contributed by atoms with van der Waals surface area (Å²) in [5.41, 5.74) is 0. The summed E-state index contributed by atoms with van der Waals surface area (Å²) in [6.07, 6.45) is -3.87. The highest BCUT2D eigenvalue weighted by Gasteiger charge is 2.27. The van der Waals surface area contributed by atoms with Crippen molar-refractivity contribution >= 4 is 0 Å². The fourth-order valence-electron chi connectivity index (χ4n) is 1.02. The molecule has 14 heavy (non-hydrogen) atoms. The zero-order valence-corrected chi connectivity index (χ0v) is 8.66. The van der Waals surface area contributed by atoms with Gasteiger partial charge in [-0.2, -0.15) is 13.2 Å². The SMILES string of the molecule is CCCOCC(CCC(F)(F)F)NC. The first-order chi connectivity index (χ1) is 6.49. The minimum absolute atomic E-state index is 0.0731. The molecule has 0 heterocycles. The average Bonchev–Trinajstić information content (AvgIpc) is 2.09. The summed E-state index contributed by atoms with van der Waals surface area (Å²) in [7, 11) is 1.65. The molecule has 0 amide bonds. The number of likely N-dealkylation sites (N-methyl/N-ethyl adjacent to an activating group) is 1. The largest absolute Gasteiger partial charge is 0.389 e. The number of halogens is 3. The summed E-state index contributed by atoms with van der Waals surface area (Å²) in [5.74, 6) is 0. The minimum Gasteiger partial charge on any atom is -0.380 e. The molecule has 0 fully saturated rings. The van der Waals surface area contributed by atoms with Crippen molar-refractivity contribution in [2.75, 3.05) is 20.3 Å². The molecule has 86 valence electrons. The van der Waals surface area contributed by atoms with Crippen molar-refractivity contribution in [3.05, 3.63) is 0 Å². The van der Waals surface area contributed by atoms with Crippen molar-refractivity contribution in [2.45, 2.75) is 38.4 Å². The number of alkyl halides is 3. The smallest absolute Gasteiger partial charge is 0.380 e. The van der Waals surface area contributed by atoms with Gasteiger partial charge in [-0.3, -0.25) is 0 Å². The van der Waals surface area contributed by atoms with Crippen molar-refractivity contribution in [2.24, 2.45) is 0 Å². The van der Waals surface area contributed by atoms with Crippen LogP contribution in [0.25, 0.3) is 0 Å². The Morgan fingerprint density at radius 2 is 2.00 bits per heavy atom. The minimum atomic E-state index is -4.07. The van der Waals surface area contributed by atoms with Gasteiger partial charge in [-0.15, -0.1) is 0 Å². The fraction of sp³-hybridized carbons (Fsp3) is 1.00. The number of hydrogen-bond donors (Lipinski definition) is 1. The Morgan fingerprint density at radius 1 is 1.36 bits per heavy atom. The van der Waals surface area contributed by atoms with Gasteiger partial charge in [-0.1, -0.05) is 6.92 Å². The Bertz CT molecular complexity index is 139. The Hall–Kier alpha value is -0.290. The standard InChI is InChI=1S/C9H18F3NO/c1-3-6-14-7-8(13-2)4-5-9(10,11)12/h8,13H,3-7H2,1-2H3. The number of rotatable bonds is 7. The van der Waals surface area contributed by atoms with Crippen molar-refractivity contribution in [3.8, 4) is 0 Å². The van der Waals surface area contributed by atoms with Gasteiger partial charge in [0.05, 0.1) is 6.61 Å². The van der Waals surface area contributed by atoms with Crippen molar-refractivity contribution in [1.82, 2.24) is 5.32 Å². The second-order valence-corrected chi connectivity index (χ2v) is 3.21. The molecular weight excluding hydrogens is 195 g/mol. The summed E-state index contributed by atoms with van der Waals surface area (Å²) in [6, 6.07) is -0.205. The van der Waals surface area contributed by atoms with Crippen LogP contribution in [0.4, 0.5) is 13.2 Å². The molecule has 1 N–H and O–H groups in total. The molecule has 1 unspecified atom stereocenters. The molecule has 0 bridgehead atoms. The second kappa shape index (κ2) is 7.06. The maximum absolute atomic E-state index is 11.9. The van der Waals surface area contributed by atoms with Crippen LogP contribution < -0.4 is 5.32 Å². The van der Waals surface area contributed by atoms with Gasteiger partial charge < -0.3 is 10.1 Å². The summed E-state index contributed by atoms with van der Waals surface area (Å²) < 4.78 is 40.8. The third-order valence-electron chi connectivity index (χ3n) is 1.85. The van der Waals surface area contributed by atoms with Gasteiger partial charge in [0.1, 0.15) is 0 Å². The monoisotopic (exact) mass is 213 g/mol. The summed E-state index contributed by atoms with van der Waals surface area (Å²) in [5, 5.41) is 2.81. The first-order valence-electron chi connectivity index (χ1n) is 4.81. The molecule has 0 saturated carbocycles. The van der Waals surface area contributed by atoms with Gasteiger partial charge in [-0.05, 0) is 19.9 Å². The van der Waals surface area contributed by atoms with Crippen LogP contribution in [0.1, 0.15) is 26.2 Å². The second-order valence-electron chi connectivity index (χ2n) is 3.21. The molecule has 2 nitrogen and oxygen atoms in total. The molecule has 0 aliphatic carbocycles. The highest BCUT2D eigenvalue weighted by Crippen LogP contribution is 2.22. The molecular formula is C9H18F3NO. The van der Waals surface area contributed by atoms with Crippen LogP contribution >= 0.6 is 0 Å². The lowest BCUT2D eigenvalue weighted by atomic mass is 10.1. The Kier molecular flexibility index (Phi) is 6.92. The average molecular weight is 213 g/mol. The molecule has 1 atom stereocenters. The van der Waals surface area contributed by atoms with Crippen LogP contribution in [-0.4, -0.2) is 32.5 Å². The van der Waals surface area contributed by atoms with Gasteiger partial charge >= 0.3 is 6.18 Å². The van der Waals surface area contributed by atoms with Crippen LogP contribution in [0.5, 0.6) is 0 Å². The van der Waals surface area contributed by atoms with Gasteiger partial charge in [0.25, 0.3) is 0 Å². The molecule has 0 aromatic rings. The number of ether oxygens (including phenoxy) is 1. The Balaban J connectivity index is 3.58. The Labute approximate surface area is 82.8 Å². The first kappa shape index (κ1) is 13.7. The van der Waals surface area contributed by atoms with Crippen LogP contribution in [-0.2, 0) is 4.74 Å². The third kappa shape index (κ3) is 8.31. The van der Waals surface area contributed by atoms with E-state index in [1.165, 1.54) is 0 Å². The molecule has 0 aromatic heterocycles. The predicted molar refractivity (Wildman–Crippen MR) is 49.2 cm³/mol. The summed E-state index contributed by atoms with van der Waals surface area (Å²) in [4.78, 5) is 0. The van der Waals surface area contributed by atoms with Crippen LogP contribution in [0.2, 0.25) is 0 Å². The number of hydrogen-bond acceptors (Lipinski definition) is 2. The first-order valence-corrected chi connectivity index (χ1v) is 4.81. The van der Waals surface area contributed by atoms with Gasteiger partial charge in [-0.25, -0.2) is 0 Å². The van der Waals surface area contributed by atoms with E-state index in [1.54, 1.807) is 7.05 Å². The van der Waals surface area contributed by atoms with E-state index in [-0.39, 0.29) is 12.5 Å². The molecule has 0 spiro atoms. The van der Waals surface area contributed by atoms with E-state index in [9.17, 15) is 13.2 Å². The fourth-order valence-corrected chi connectivity index (χ4v) is 1.02. The van der Waals surface area contributed by atoms with Crippen LogP contribution in [0.15, 0.2) is 0 Å². The molecule has 0 radical (unpaired) electrons. The van der Waals surface area contributed by atoms with E-state index in [0.717, 1.165) is 6.42 Å². The zero-order chi connectivity index (χ0) is 11.0. The zero-order valence-electron chi connectivity index (χ0n) is 8.66. The molecule has 0 aliphatic rings. The highest BCUT2D eigenvalue weighted by atomic mass is 19.4. The van der Waals surface area contributed by atoms with Crippen LogP contribution in [0, 0.1) is 0 Å². The summed E-state index contributed by atoms with van der Waals surface area (Å²) in [6.45, 7) is 2.91. The summed E-state index contributed by atoms with van der Waals surface area (Å²) >= 11 is 0. The van der Waals surface area contributed by atoms with Crippen molar-refractivity contribution < 1.29 is 17.9 Å². The third-order valence-corrected chi connectivity index (χ3v) is 1.85. The molecule has 0 saturated heterocycles.